The van der Waals surface area contributed by atoms with Gasteiger partial charge < -0.3 is 10.1 Å². The summed E-state index contributed by atoms with van der Waals surface area (Å²) in [6.45, 7) is 5.22. The molecule has 1 fully saturated rings. The fraction of sp³-hybridized carbons (Fsp3) is 0.562. The Kier molecular flexibility index (Phi) is 3.56. The van der Waals surface area contributed by atoms with Gasteiger partial charge in [0.15, 0.2) is 0 Å². The molecular weight excluding hydrogens is 236 g/mol. The van der Waals surface area contributed by atoms with Crippen molar-refractivity contribution in [2.75, 3.05) is 6.54 Å². The Bertz CT molecular complexity index is 481. The second-order valence-corrected chi connectivity index (χ2v) is 5.87. The lowest BCUT2D eigenvalue weighted by Crippen LogP contribution is -2.40. The quantitative estimate of drug-likeness (QED) is 0.905. The third-order valence-corrected chi connectivity index (χ3v) is 3.98. The molecular formula is C16H22N2O. The Hall–Kier alpha value is -1.35. The normalized spacial score (nSPS) is 26.2. The number of hydrogen-bond acceptors (Lipinski definition) is 3. The number of aromatic nitrogens is 1. The van der Waals surface area contributed by atoms with Gasteiger partial charge in [-0.1, -0.05) is 6.08 Å². The molecule has 19 heavy (non-hydrogen) atoms. The Labute approximate surface area is 115 Å². The van der Waals surface area contributed by atoms with E-state index in [0.717, 1.165) is 18.2 Å². The van der Waals surface area contributed by atoms with Crippen LogP contribution < -0.4 is 10.1 Å². The van der Waals surface area contributed by atoms with Crippen LogP contribution in [0.1, 0.15) is 38.7 Å². The van der Waals surface area contributed by atoms with E-state index in [2.05, 4.69) is 22.4 Å². The predicted octanol–water partition coefficient (Wildman–Crippen LogP) is 3.02. The first-order valence-corrected chi connectivity index (χ1v) is 7.28. The number of hydrogen-bond donors (Lipinski definition) is 1. The average molecular weight is 258 g/mol. The second kappa shape index (κ2) is 5.33. The molecule has 1 saturated heterocycles. The van der Waals surface area contributed by atoms with Gasteiger partial charge in [0, 0.05) is 17.8 Å². The summed E-state index contributed by atoms with van der Waals surface area (Å²) >= 11 is 0. The number of rotatable bonds is 3. The van der Waals surface area contributed by atoms with Gasteiger partial charge >= 0.3 is 0 Å². The first kappa shape index (κ1) is 12.7. The molecule has 0 spiro atoms. The molecule has 3 nitrogen and oxygen atoms in total. The highest BCUT2D eigenvalue weighted by atomic mass is 16.5. The maximum atomic E-state index is 5.74. The van der Waals surface area contributed by atoms with Crippen molar-refractivity contribution in [2.24, 2.45) is 5.92 Å². The Morgan fingerprint density at radius 2 is 2.26 bits per heavy atom. The van der Waals surface area contributed by atoms with E-state index in [0.29, 0.717) is 6.04 Å². The molecule has 3 heteroatoms. The van der Waals surface area contributed by atoms with Gasteiger partial charge in [0.25, 0.3) is 0 Å². The highest BCUT2D eigenvalue weighted by Crippen LogP contribution is 2.35. The van der Waals surface area contributed by atoms with Crippen molar-refractivity contribution >= 4 is 5.57 Å². The summed E-state index contributed by atoms with van der Waals surface area (Å²) < 4.78 is 5.74. The summed E-state index contributed by atoms with van der Waals surface area (Å²) in [4.78, 5) is 4.33. The molecule has 1 aliphatic heterocycles. The Morgan fingerprint density at radius 1 is 1.37 bits per heavy atom. The van der Waals surface area contributed by atoms with E-state index < -0.39 is 0 Å². The van der Waals surface area contributed by atoms with Gasteiger partial charge in [-0.15, -0.1) is 0 Å². The third-order valence-electron chi connectivity index (χ3n) is 3.98. The molecule has 2 heterocycles. The molecule has 0 saturated carbocycles. The molecule has 1 aromatic rings. The number of pyridine rings is 1. The molecule has 1 aromatic heterocycles. The van der Waals surface area contributed by atoms with E-state index in [4.69, 9.17) is 4.74 Å². The molecule has 1 N–H and O–H groups in total. The highest BCUT2D eigenvalue weighted by molar-refractivity contribution is 5.71. The second-order valence-electron chi connectivity index (χ2n) is 5.87. The maximum absolute atomic E-state index is 5.74. The average Bonchev–Trinajstić information content (AvgIpc) is 2.39. The summed E-state index contributed by atoms with van der Waals surface area (Å²) in [7, 11) is 0. The van der Waals surface area contributed by atoms with E-state index in [1.165, 1.54) is 30.4 Å². The van der Waals surface area contributed by atoms with Crippen LogP contribution >= 0.6 is 0 Å². The van der Waals surface area contributed by atoms with Crippen LogP contribution in [0.3, 0.4) is 0 Å². The van der Waals surface area contributed by atoms with E-state index in [9.17, 15) is 0 Å². The van der Waals surface area contributed by atoms with Gasteiger partial charge in [-0.3, -0.25) is 4.98 Å². The molecule has 2 aliphatic rings. The molecule has 2 unspecified atom stereocenters. The summed E-state index contributed by atoms with van der Waals surface area (Å²) in [6, 6.07) is 2.62. The van der Waals surface area contributed by atoms with Crippen LogP contribution in [0.2, 0.25) is 0 Å². The number of allylic oxidation sites excluding steroid dienone is 1. The standard InChI is InChI=1S/C16H22N2O/c1-11(2)19-14-8-13(9-17-10-14)15-4-3-12-5-6-18-16(15)7-12/h4,8-12,16,18H,3,5-7H2,1-2H3. The summed E-state index contributed by atoms with van der Waals surface area (Å²) in [5.41, 5.74) is 2.61. The lowest BCUT2D eigenvalue weighted by molar-refractivity contribution is 0.241. The lowest BCUT2D eigenvalue weighted by atomic mass is 9.79. The van der Waals surface area contributed by atoms with Gasteiger partial charge in [0.2, 0.25) is 0 Å². The third kappa shape index (κ3) is 2.81. The maximum Gasteiger partial charge on any atom is 0.138 e. The van der Waals surface area contributed by atoms with Crippen LogP contribution in [0.5, 0.6) is 5.75 Å². The van der Waals surface area contributed by atoms with Crippen molar-refractivity contribution in [1.82, 2.24) is 10.3 Å². The van der Waals surface area contributed by atoms with Crippen LogP contribution in [0.4, 0.5) is 0 Å². The van der Waals surface area contributed by atoms with Crippen molar-refractivity contribution in [3.63, 3.8) is 0 Å². The van der Waals surface area contributed by atoms with E-state index in [-0.39, 0.29) is 6.10 Å². The van der Waals surface area contributed by atoms with E-state index >= 15 is 0 Å². The minimum atomic E-state index is 0.189. The fourth-order valence-electron chi connectivity index (χ4n) is 3.12. The van der Waals surface area contributed by atoms with Crippen molar-refractivity contribution in [1.29, 1.82) is 0 Å². The topological polar surface area (TPSA) is 34.1 Å². The van der Waals surface area contributed by atoms with Gasteiger partial charge in [-0.25, -0.2) is 0 Å². The molecule has 0 amide bonds. The summed E-state index contributed by atoms with van der Waals surface area (Å²) in [5.74, 6) is 1.74. The minimum absolute atomic E-state index is 0.189. The highest BCUT2D eigenvalue weighted by Gasteiger charge is 2.28. The molecule has 2 atom stereocenters. The monoisotopic (exact) mass is 258 g/mol. The Morgan fingerprint density at radius 3 is 3.11 bits per heavy atom. The molecule has 0 aromatic carbocycles. The lowest BCUT2D eigenvalue weighted by Gasteiger charge is -2.35. The smallest absolute Gasteiger partial charge is 0.138 e. The van der Waals surface area contributed by atoms with Crippen LogP contribution in [0, 0.1) is 5.92 Å². The van der Waals surface area contributed by atoms with Crippen molar-refractivity contribution < 1.29 is 4.74 Å². The van der Waals surface area contributed by atoms with Gasteiger partial charge in [-0.05, 0) is 57.2 Å². The zero-order valence-corrected chi connectivity index (χ0v) is 11.7. The van der Waals surface area contributed by atoms with E-state index in [1.807, 2.05) is 20.0 Å². The van der Waals surface area contributed by atoms with Crippen molar-refractivity contribution in [3.05, 3.63) is 30.1 Å². The first-order valence-electron chi connectivity index (χ1n) is 7.28. The largest absolute Gasteiger partial charge is 0.489 e. The molecule has 1 aliphatic carbocycles. The van der Waals surface area contributed by atoms with Gasteiger partial charge in [-0.2, -0.15) is 0 Å². The fourth-order valence-corrected chi connectivity index (χ4v) is 3.12. The SMILES string of the molecule is CC(C)Oc1cncc(C2=CCC3CCNC2C3)c1. The number of piperidine rings is 1. The van der Waals surface area contributed by atoms with Crippen LogP contribution in [-0.2, 0) is 0 Å². The number of nitrogens with one attached hydrogen (secondary N) is 1. The number of ether oxygens (including phenoxy) is 1. The zero-order chi connectivity index (χ0) is 13.2. The number of nitrogens with zero attached hydrogens (tertiary/aromatic N) is 1. The van der Waals surface area contributed by atoms with Crippen LogP contribution in [0.25, 0.3) is 5.57 Å². The predicted molar refractivity (Wildman–Crippen MR) is 77.1 cm³/mol. The van der Waals surface area contributed by atoms with E-state index in [1.54, 1.807) is 6.20 Å². The molecule has 102 valence electrons. The summed E-state index contributed by atoms with van der Waals surface area (Å²) in [6.07, 6.45) is 10.1. The first-order chi connectivity index (χ1) is 9.22. The zero-order valence-electron chi connectivity index (χ0n) is 11.7. The molecule has 3 rings (SSSR count). The van der Waals surface area contributed by atoms with Crippen molar-refractivity contribution in [2.45, 2.75) is 45.3 Å². The molecule has 2 bridgehead atoms. The number of fused-ring (bicyclic) bond motifs is 2. The molecule has 0 radical (unpaired) electrons. The Balaban J connectivity index is 1.85. The van der Waals surface area contributed by atoms with Crippen LogP contribution in [-0.4, -0.2) is 23.7 Å². The van der Waals surface area contributed by atoms with Crippen LogP contribution in [0.15, 0.2) is 24.5 Å². The summed E-state index contributed by atoms with van der Waals surface area (Å²) in [5, 5.41) is 3.62. The van der Waals surface area contributed by atoms with Crippen molar-refractivity contribution in [3.8, 4) is 5.75 Å². The van der Waals surface area contributed by atoms with Gasteiger partial charge in [0.05, 0.1) is 12.3 Å². The van der Waals surface area contributed by atoms with Gasteiger partial charge in [0.1, 0.15) is 5.75 Å². The minimum Gasteiger partial charge on any atom is -0.489 e.